The second kappa shape index (κ2) is 7.05. The van der Waals surface area contributed by atoms with E-state index in [-0.39, 0.29) is 5.75 Å². The van der Waals surface area contributed by atoms with Crippen molar-refractivity contribution in [3.05, 3.63) is 0 Å². The fraction of sp³-hybridized carbons (Fsp3) is 0.833. The molecule has 12 heavy (non-hydrogen) atoms. The summed E-state index contributed by atoms with van der Waals surface area (Å²) < 4.78 is 27.6. The first-order chi connectivity index (χ1) is 5.33. The van der Waals surface area contributed by atoms with E-state index >= 15 is 0 Å². The lowest BCUT2D eigenvalue weighted by atomic mass is 10.6. The second-order valence-electron chi connectivity index (χ2n) is 2.36. The molecular weight excluding hydrogens is 182 g/mol. The Labute approximate surface area is 73.1 Å². The van der Waals surface area contributed by atoms with Crippen LogP contribution >= 0.6 is 0 Å². The normalized spacial score (nSPS) is 9.67. The van der Waals surface area contributed by atoms with Gasteiger partial charge in [0.1, 0.15) is 0 Å². The Morgan fingerprint density at radius 2 is 1.75 bits per heavy atom. The molecule has 0 atom stereocenters. The highest BCUT2D eigenvalue weighted by Gasteiger charge is 1.98. The van der Waals surface area contributed by atoms with E-state index in [1.54, 1.807) is 21.0 Å². The Balaban J connectivity index is 0. The first-order valence-electron chi connectivity index (χ1n) is 3.40. The first kappa shape index (κ1) is 13.9. The van der Waals surface area contributed by atoms with E-state index in [9.17, 15) is 13.2 Å². The summed E-state index contributed by atoms with van der Waals surface area (Å²) in [4.78, 5) is 10.9. The monoisotopic (exact) mass is 197 g/mol. The molecule has 74 valence electrons. The summed E-state index contributed by atoms with van der Waals surface area (Å²) in [7, 11) is -0.299. The van der Waals surface area contributed by atoms with Crippen LogP contribution in [-0.4, -0.2) is 44.1 Å². The average Bonchev–Trinajstić information content (AvgIpc) is 1.86. The number of rotatable bonds is 3. The highest BCUT2D eigenvalue weighted by molar-refractivity contribution is 7.85. The molecule has 0 radical (unpaired) electrons. The van der Waals surface area contributed by atoms with Crippen molar-refractivity contribution in [1.82, 2.24) is 4.90 Å². The molecule has 0 aliphatic carbocycles. The van der Waals surface area contributed by atoms with Crippen molar-refractivity contribution >= 4 is 16.5 Å². The van der Waals surface area contributed by atoms with Gasteiger partial charge in [0, 0.05) is 14.1 Å². The van der Waals surface area contributed by atoms with Gasteiger partial charge in [-0.05, 0) is 6.42 Å². The van der Waals surface area contributed by atoms with Gasteiger partial charge in [-0.15, -0.1) is 0 Å². The van der Waals surface area contributed by atoms with Gasteiger partial charge in [-0.25, -0.2) is 0 Å². The van der Waals surface area contributed by atoms with Gasteiger partial charge >= 0.3 is 0 Å². The van der Waals surface area contributed by atoms with E-state index in [4.69, 9.17) is 4.55 Å². The zero-order valence-corrected chi connectivity index (χ0v) is 8.34. The van der Waals surface area contributed by atoms with Crippen molar-refractivity contribution < 1.29 is 17.8 Å². The van der Waals surface area contributed by atoms with E-state index in [2.05, 4.69) is 0 Å². The van der Waals surface area contributed by atoms with Crippen LogP contribution in [0.3, 0.4) is 0 Å². The van der Waals surface area contributed by atoms with Crippen molar-refractivity contribution in [2.45, 2.75) is 13.3 Å². The van der Waals surface area contributed by atoms with Crippen molar-refractivity contribution in [2.75, 3.05) is 19.8 Å². The predicted molar refractivity (Wildman–Crippen MR) is 46.5 cm³/mol. The van der Waals surface area contributed by atoms with Crippen LogP contribution in [0.1, 0.15) is 13.3 Å². The SMILES string of the molecule is CCCS(=O)(=O)O.CN(C)C=O. The summed E-state index contributed by atoms with van der Waals surface area (Å²) in [5.41, 5.74) is 0. The molecule has 0 rings (SSSR count). The predicted octanol–water partition coefficient (Wildman–Crippen LogP) is -0.0114. The lowest BCUT2D eigenvalue weighted by molar-refractivity contribution is -0.115. The van der Waals surface area contributed by atoms with Gasteiger partial charge in [0.15, 0.2) is 0 Å². The summed E-state index contributed by atoms with van der Waals surface area (Å²) >= 11 is 0. The fourth-order valence-electron chi connectivity index (χ4n) is 0.258. The molecule has 6 heteroatoms. The van der Waals surface area contributed by atoms with E-state index in [1.165, 1.54) is 4.90 Å². The molecule has 1 N–H and O–H groups in total. The van der Waals surface area contributed by atoms with E-state index in [0.29, 0.717) is 6.42 Å². The lowest BCUT2D eigenvalue weighted by Crippen LogP contribution is -2.06. The maximum Gasteiger partial charge on any atom is 0.264 e. The van der Waals surface area contributed by atoms with Gasteiger partial charge in [0.25, 0.3) is 10.1 Å². The van der Waals surface area contributed by atoms with Gasteiger partial charge in [0.2, 0.25) is 6.41 Å². The highest BCUT2D eigenvalue weighted by Crippen LogP contribution is 1.83. The van der Waals surface area contributed by atoms with Crippen LogP contribution in [0, 0.1) is 0 Å². The third-order valence-electron chi connectivity index (χ3n) is 0.673. The van der Waals surface area contributed by atoms with Crippen LogP contribution in [0.2, 0.25) is 0 Å². The summed E-state index contributed by atoms with van der Waals surface area (Å²) in [5.74, 6) is -0.132. The number of hydrogen-bond donors (Lipinski definition) is 1. The van der Waals surface area contributed by atoms with Crippen molar-refractivity contribution in [3.63, 3.8) is 0 Å². The molecule has 0 fully saturated rings. The van der Waals surface area contributed by atoms with Gasteiger partial charge in [-0.2, -0.15) is 8.42 Å². The molecule has 0 aromatic rings. The largest absolute Gasteiger partial charge is 0.351 e. The maximum atomic E-state index is 9.79. The van der Waals surface area contributed by atoms with Gasteiger partial charge in [-0.1, -0.05) is 6.92 Å². The molecule has 1 amide bonds. The minimum atomic E-state index is -3.67. The minimum absolute atomic E-state index is 0.132. The maximum absolute atomic E-state index is 9.79. The van der Waals surface area contributed by atoms with Crippen LogP contribution in [0.4, 0.5) is 0 Å². The van der Waals surface area contributed by atoms with Gasteiger partial charge < -0.3 is 4.90 Å². The Hall–Kier alpha value is -0.620. The smallest absolute Gasteiger partial charge is 0.264 e. The zero-order valence-electron chi connectivity index (χ0n) is 7.52. The Bertz CT molecular complexity index is 198. The summed E-state index contributed by atoms with van der Waals surface area (Å²) in [6.45, 7) is 1.69. The molecule has 0 heterocycles. The fourth-order valence-corrected chi connectivity index (χ4v) is 0.774. The molecule has 0 spiro atoms. The molecule has 0 bridgehead atoms. The van der Waals surface area contributed by atoms with Crippen LogP contribution in [0.25, 0.3) is 0 Å². The van der Waals surface area contributed by atoms with Gasteiger partial charge in [0.05, 0.1) is 5.75 Å². The van der Waals surface area contributed by atoms with Crippen LogP contribution in [0.5, 0.6) is 0 Å². The molecule has 0 aliphatic heterocycles. The summed E-state index contributed by atoms with van der Waals surface area (Å²) in [6, 6.07) is 0. The second-order valence-corrected chi connectivity index (χ2v) is 3.93. The van der Waals surface area contributed by atoms with Crippen LogP contribution in [0.15, 0.2) is 0 Å². The minimum Gasteiger partial charge on any atom is -0.351 e. The average molecular weight is 197 g/mol. The molecule has 0 aliphatic rings. The molecule has 0 saturated carbocycles. The topological polar surface area (TPSA) is 74.7 Å². The van der Waals surface area contributed by atoms with Crippen LogP contribution < -0.4 is 0 Å². The lowest BCUT2D eigenvalue weighted by Gasteiger charge is -1.93. The standard InChI is InChI=1S/C3H7NO.C3H8O3S/c1-4(2)3-5;1-2-3-7(4,5)6/h3H,1-2H3;2-3H2,1H3,(H,4,5,6). The molecule has 5 nitrogen and oxygen atoms in total. The van der Waals surface area contributed by atoms with E-state index in [0.717, 1.165) is 6.41 Å². The zero-order chi connectivity index (χ0) is 10.2. The van der Waals surface area contributed by atoms with Crippen molar-refractivity contribution in [2.24, 2.45) is 0 Å². The number of nitrogens with zero attached hydrogens (tertiary/aromatic N) is 1. The summed E-state index contributed by atoms with van der Waals surface area (Å²) in [5, 5.41) is 0. The highest BCUT2D eigenvalue weighted by atomic mass is 32.2. The number of hydrogen-bond acceptors (Lipinski definition) is 3. The summed E-state index contributed by atoms with van der Waals surface area (Å²) in [6.07, 6.45) is 1.22. The van der Waals surface area contributed by atoms with Gasteiger partial charge in [-0.3, -0.25) is 9.35 Å². The molecule has 0 aromatic carbocycles. The third kappa shape index (κ3) is 22.8. The Kier molecular flexibility index (Phi) is 8.19. The third-order valence-corrected chi connectivity index (χ3v) is 1.60. The quantitative estimate of drug-likeness (QED) is 0.510. The Morgan fingerprint density at radius 3 is 1.75 bits per heavy atom. The van der Waals surface area contributed by atoms with Crippen molar-refractivity contribution in [1.29, 1.82) is 0 Å². The molecular formula is C6H15NO4S. The van der Waals surface area contributed by atoms with Crippen LogP contribution in [-0.2, 0) is 14.9 Å². The number of carbonyl (C=O) groups is 1. The Morgan fingerprint density at radius 1 is 1.42 bits per heavy atom. The molecule has 0 saturated heterocycles. The number of amides is 1. The molecule has 0 aromatic heterocycles. The number of carbonyl (C=O) groups excluding carboxylic acids is 1. The first-order valence-corrected chi connectivity index (χ1v) is 5.01. The van der Waals surface area contributed by atoms with Crippen molar-refractivity contribution in [3.8, 4) is 0 Å². The van der Waals surface area contributed by atoms with E-state index < -0.39 is 10.1 Å². The van der Waals surface area contributed by atoms with E-state index in [1.807, 2.05) is 0 Å². The molecule has 0 unspecified atom stereocenters.